The molecule has 0 aliphatic heterocycles. The Morgan fingerprint density at radius 2 is 2.21 bits per heavy atom. The van der Waals surface area contributed by atoms with Crippen LogP contribution in [-0.2, 0) is 0 Å². The maximum absolute atomic E-state index is 11.2. The first kappa shape index (κ1) is 14.8. The van der Waals surface area contributed by atoms with Gasteiger partial charge in [0.05, 0.1) is 19.8 Å². The molecule has 0 amide bonds. The van der Waals surface area contributed by atoms with E-state index in [4.69, 9.17) is 15.4 Å². The third kappa shape index (κ3) is 3.35. The molecular formula is C11H13N3O5. The zero-order valence-electron chi connectivity index (χ0n) is 10.1. The number of ether oxygens (including phenoxy) is 1. The zero-order valence-corrected chi connectivity index (χ0v) is 10.1. The van der Waals surface area contributed by atoms with Gasteiger partial charge in [0, 0.05) is 10.5 Å². The van der Waals surface area contributed by atoms with Crippen LogP contribution in [0.1, 0.15) is 22.0 Å². The lowest BCUT2D eigenvalue weighted by molar-refractivity contribution is 0.0231. The van der Waals surface area contributed by atoms with E-state index in [-0.39, 0.29) is 23.4 Å². The summed E-state index contributed by atoms with van der Waals surface area (Å²) in [7, 11) is 1.30. The largest absolute Gasteiger partial charge is 0.496 e. The van der Waals surface area contributed by atoms with E-state index in [1.807, 2.05) is 0 Å². The molecule has 0 fully saturated rings. The maximum Gasteiger partial charge on any atom is 0.339 e. The van der Waals surface area contributed by atoms with Crippen molar-refractivity contribution >= 4 is 5.97 Å². The monoisotopic (exact) mass is 267 g/mol. The smallest absolute Gasteiger partial charge is 0.339 e. The van der Waals surface area contributed by atoms with E-state index in [0.717, 1.165) is 0 Å². The van der Waals surface area contributed by atoms with Crippen molar-refractivity contribution < 1.29 is 24.9 Å². The minimum atomic E-state index is -1.49. The number of hydrogen-bond acceptors (Lipinski definition) is 5. The molecule has 1 aromatic carbocycles. The standard InChI is InChI=1S/C11H13N3O5/c1-19-8-4-2-3-6(9(8)11(17)18)10(16)7(15)5-13-14-12/h2-4,7,10,15-16H,5H2,1H3,(H,17,18). The van der Waals surface area contributed by atoms with E-state index in [0.29, 0.717) is 0 Å². The van der Waals surface area contributed by atoms with Gasteiger partial charge in [-0.05, 0) is 11.6 Å². The van der Waals surface area contributed by atoms with Gasteiger partial charge in [-0.25, -0.2) is 4.79 Å². The van der Waals surface area contributed by atoms with Crippen molar-refractivity contribution in [3.8, 4) is 5.75 Å². The first-order valence-electron chi connectivity index (χ1n) is 5.30. The van der Waals surface area contributed by atoms with Gasteiger partial charge in [0.25, 0.3) is 0 Å². The summed E-state index contributed by atoms with van der Waals surface area (Å²) in [5, 5.41) is 31.8. The van der Waals surface area contributed by atoms with Gasteiger partial charge in [-0.15, -0.1) is 0 Å². The number of methoxy groups -OCH3 is 1. The topological polar surface area (TPSA) is 136 Å². The molecule has 8 heteroatoms. The molecule has 0 saturated carbocycles. The molecule has 3 N–H and O–H groups in total. The number of aliphatic hydroxyl groups is 2. The molecule has 0 bridgehead atoms. The minimum Gasteiger partial charge on any atom is -0.496 e. The zero-order chi connectivity index (χ0) is 14.4. The molecule has 0 heterocycles. The summed E-state index contributed by atoms with van der Waals surface area (Å²) in [6.45, 7) is -0.367. The third-order valence-electron chi connectivity index (χ3n) is 2.51. The van der Waals surface area contributed by atoms with Crippen LogP contribution in [0.5, 0.6) is 5.75 Å². The molecule has 0 aliphatic rings. The van der Waals surface area contributed by atoms with E-state index in [1.165, 1.54) is 25.3 Å². The molecule has 8 nitrogen and oxygen atoms in total. The lowest BCUT2D eigenvalue weighted by atomic mass is 9.98. The average Bonchev–Trinajstić information content (AvgIpc) is 2.42. The number of carboxylic acid groups (broad SMARTS) is 1. The first-order valence-corrected chi connectivity index (χ1v) is 5.30. The van der Waals surface area contributed by atoms with Gasteiger partial charge >= 0.3 is 5.97 Å². The summed E-state index contributed by atoms with van der Waals surface area (Å²) in [6, 6.07) is 4.28. The lowest BCUT2D eigenvalue weighted by Crippen LogP contribution is -2.23. The predicted molar refractivity (Wildman–Crippen MR) is 64.9 cm³/mol. The fourth-order valence-corrected chi connectivity index (χ4v) is 1.62. The third-order valence-corrected chi connectivity index (χ3v) is 2.51. The van der Waals surface area contributed by atoms with Crippen LogP contribution in [0, 0.1) is 0 Å². The van der Waals surface area contributed by atoms with Crippen molar-refractivity contribution in [3.63, 3.8) is 0 Å². The van der Waals surface area contributed by atoms with Crippen LogP contribution in [0.3, 0.4) is 0 Å². The van der Waals surface area contributed by atoms with Gasteiger partial charge in [-0.1, -0.05) is 17.2 Å². The molecule has 1 rings (SSSR count). The van der Waals surface area contributed by atoms with E-state index in [9.17, 15) is 15.0 Å². The molecule has 0 spiro atoms. The molecule has 2 atom stereocenters. The molecule has 0 saturated heterocycles. The fraction of sp³-hybridized carbons (Fsp3) is 0.364. The predicted octanol–water partition coefficient (Wildman–Crippen LogP) is 1.10. The number of carboxylic acids is 1. The molecule has 0 aliphatic carbocycles. The van der Waals surface area contributed by atoms with Crippen molar-refractivity contribution in [3.05, 3.63) is 39.8 Å². The Morgan fingerprint density at radius 3 is 2.74 bits per heavy atom. The van der Waals surface area contributed by atoms with Gasteiger partial charge in [0.2, 0.25) is 0 Å². The van der Waals surface area contributed by atoms with Gasteiger partial charge in [0.1, 0.15) is 17.4 Å². The first-order chi connectivity index (χ1) is 9.02. The van der Waals surface area contributed by atoms with Gasteiger partial charge in [-0.2, -0.15) is 0 Å². The minimum absolute atomic E-state index is 0.00695. The van der Waals surface area contributed by atoms with E-state index < -0.39 is 18.2 Å². The molecule has 102 valence electrons. The highest BCUT2D eigenvalue weighted by Gasteiger charge is 2.25. The highest BCUT2D eigenvalue weighted by atomic mass is 16.5. The Morgan fingerprint density at radius 1 is 1.53 bits per heavy atom. The summed E-state index contributed by atoms with van der Waals surface area (Å²) >= 11 is 0. The highest BCUT2D eigenvalue weighted by molar-refractivity contribution is 5.92. The summed E-state index contributed by atoms with van der Waals surface area (Å²) in [6.07, 6.45) is -2.90. The van der Waals surface area contributed by atoms with Crippen LogP contribution >= 0.6 is 0 Å². The number of hydrogen-bond donors (Lipinski definition) is 3. The summed E-state index contributed by atoms with van der Waals surface area (Å²) in [5.41, 5.74) is 7.90. The van der Waals surface area contributed by atoms with Crippen LogP contribution < -0.4 is 4.74 Å². The molecular weight excluding hydrogens is 254 g/mol. The van der Waals surface area contributed by atoms with E-state index in [1.54, 1.807) is 0 Å². The fourth-order valence-electron chi connectivity index (χ4n) is 1.62. The van der Waals surface area contributed by atoms with Crippen LogP contribution in [0.2, 0.25) is 0 Å². The number of nitrogens with zero attached hydrogens (tertiary/aromatic N) is 3. The average molecular weight is 267 g/mol. The molecule has 2 unspecified atom stereocenters. The van der Waals surface area contributed by atoms with Crippen LogP contribution in [0.4, 0.5) is 0 Å². The van der Waals surface area contributed by atoms with Crippen molar-refractivity contribution in [2.45, 2.75) is 12.2 Å². The SMILES string of the molecule is COc1cccc(C(O)C(O)CN=[N+]=[N-])c1C(=O)O. The molecule has 19 heavy (non-hydrogen) atoms. The number of azide groups is 1. The van der Waals surface area contributed by atoms with Crippen molar-refractivity contribution in [2.75, 3.05) is 13.7 Å². The van der Waals surface area contributed by atoms with Gasteiger partial charge in [-0.3, -0.25) is 0 Å². The lowest BCUT2D eigenvalue weighted by Gasteiger charge is -2.19. The van der Waals surface area contributed by atoms with E-state index in [2.05, 4.69) is 10.0 Å². The normalized spacial score (nSPS) is 13.2. The highest BCUT2D eigenvalue weighted by Crippen LogP contribution is 2.28. The van der Waals surface area contributed by atoms with Crippen molar-refractivity contribution in [1.82, 2.24) is 0 Å². The molecule has 0 radical (unpaired) electrons. The second kappa shape index (κ2) is 6.60. The summed E-state index contributed by atoms with van der Waals surface area (Å²) in [5.74, 6) is -1.22. The maximum atomic E-state index is 11.2. The Kier molecular flexibility index (Phi) is 5.13. The second-order valence-electron chi connectivity index (χ2n) is 3.66. The van der Waals surface area contributed by atoms with Crippen LogP contribution in [-0.4, -0.2) is 41.0 Å². The van der Waals surface area contributed by atoms with Gasteiger partial charge < -0.3 is 20.1 Å². The number of benzene rings is 1. The number of aliphatic hydroxyl groups excluding tert-OH is 2. The molecule has 1 aromatic rings. The Balaban J connectivity index is 3.18. The van der Waals surface area contributed by atoms with Crippen molar-refractivity contribution in [2.24, 2.45) is 5.11 Å². The number of rotatable bonds is 6. The van der Waals surface area contributed by atoms with Crippen LogP contribution in [0.25, 0.3) is 10.4 Å². The Hall–Kier alpha value is -2.28. The van der Waals surface area contributed by atoms with Gasteiger partial charge in [0.15, 0.2) is 0 Å². The number of aromatic carboxylic acids is 1. The van der Waals surface area contributed by atoms with E-state index >= 15 is 0 Å². The quantitative estimate of drug-likeness (QED) is 0.402. The molecule has 0 aromatic heterocycles. The van der Waals surface area contributed by atoms with Crippen molar-refractivity contribution in [1.29, 1.82) is 0 Å². The Bertz CT molecular complexity index is 513. The van der Waals surface area contributed by atoms with Crippen LogP contribution in [0.15, 0.2) is 23.3 Å². The summed E-state index contributed by atoms with van der Waals surface area (Å²) < 4.78 is 4.90. The Labute approximate surface area is 108 Å². The summed E-state index contributed by atoms with van der Waals surface area (Å²) in [4.78, 5) is 13.6. The number of carbonyl (C=O) groups is 1. The second-order valence-corrected chi connectivity index (χ2v) is 3.66.